The molecular formula is C15H17N3O3. The largest absolute Gasteiger partial charge is 0.352 e. The highest BCUT2D eigenvalue weighted by Crippen LogP contribution is 2.24. The molecule has 1 aromatic carbocycles. The Morgan fingerprint density at radius 2 is 2.14 bits per heavy atom. The number of carbonyl (C=O) groups is 3. The Morgan fingerprint density at radius 3 is 2.86 bits per heavy atom. The zero-order valence-electron chi connectivity index (χ0n) is 11.8. The number of rotatable bonds is 4. The number of amides is 3. The number of nitrogens with zero attached hydrogens (tertiary/aromatic N) is 1. The van der Waals surface area contributed by atoms with Crippen LogP contribution in [0.4, 0.5) is 5.69 Å². The molecule has 1 aromatic rings. The number of hydrogen-bond acceptors (Lipinski definition) is 3. The van der Waals surface area contributed by atoms with Gasteiger partial charge in [-0.25, -0.2) is 0 Å². The van der Waals surface area contributed by atoms with Crippen LogP contribution in [0, 0.1) is 0 Å². The molecule has 2 N–H and O–H groups in total. The van der Waals surface area contributed by atoms with Gasteiger partial charge in [-0.3, -0.25) is 14.4 Å². The fourth-order valence-electron chi connectivity index (χ4n) is 2.36. The van der Waals surface area contributed by atoms with Crippen molar-refractivity contribution in [1.82, 2.24) is 10.2 Å². The zero-order valence-corrected chi connectivity index (χ0v) is 11.8. The Balaban J connectivity index is 1.65. The van der Waals surface area contributed by atoms with Crippen LogP contribution in [-0.4, -0.2) is 42.3 Å². The van der Waals surface area contributed by atoms with Gasteiger partial charge in [0.15, 0.2) is 0 Å². The van der Waals surface area contributed by atoms with Crippen LogP contribution < -0.4 is 10.6 Å². The number of hydrogen-bond donors (Lipinski definition) is 2. The highest BCUT2D eigenvalue weighted by atomic mass is 16.2. The van der Waals surface area contributed by atoms with Gasteiger partial charge in [0, 0.05) is 24.3 Å². The Hall–Kier alpha value is -2.37. The van der Waals surface area contributed by atoms with Crippen molar-refractivity contribution in [3.63, 3.8) is 0 Å². The van der Waals surface area contributed by atoms with Crippen LogP contribution >= 0.6 is 0 Å². The Kier molecular flexibility index (Phi) is 3.37. The molecule has 1 aliphatic carbocycles. The van der Waals surface area contributed by atoms with E-state index >= 15 is 0 Å². The number of likely N-dealkylation sites (N-methyl/N-ethyl adjacent to an activating group) is 1. The fourth-order valence-corrected chi connectivity index (χ4v) is 2.36. The van der Waals surface area contributed by atoms with E-state index in [0.717, 1.165) is 18.4 Å². The summed E-state index contributed by atoms with van der Waals surface area (Å²) in [4.78, 5) is 36.7. The third-order valence-corrected chi connectivity index (χ3v) is 3.65. The molecule has 110 valence electrons. The van der Waals surface area contributed by atoms with Gasteiger partial charge in [-0.2, -0.15) is 0 Å². The van der Waals surface area contributed by atoms with E-state index in [9.17, 15) is 14.4 Å². The summed E-state index contributed by atoms with van der Waals surface area (Å²) >= 11 is 0. The van der Waals surface area contributed by atoms with Gasteiger partial charge in [0.05, 0.1) is 13.0 Å². The molecule has 1 heterocycles. The van der Waals surface area contributed by atoms with E-state index in [1.54, 1.807) is 25.2 Å². The van der Waals surface area contributed by atoms with Gasteiger partial charge in [-0.05, 0) is 30.5 Å². The Labute approximate surface area is 122 Å². The zero-order chi connectivity index (χ0) is 15.0. The van der Waals surface area contributed by atoms with Crippen molar-refractivity contribution in [2.24, 2.45) is 0 Å². The van der Waals surface area contributed by atoms with Gasteiger partial charge < -0.3 is 15.5 Å². The average molecular weight is 287 g/mol. The van der Waals surface area contributed by atoms with E-state index in [0.29, 0.717) is 17.7 Å². The molecule has 0 bridgehead atoms. The van der Waals surface area contributed by atoms with E-state index in [1.165, 1.54) is 4.90 Å². The van der Waals surface area contributed by atoms with Crippen LogP contribution in [0.1, 0.15) is 28.8 Å². The summed E-state index contributed by atoms with van der Waals surface area (Å²) < 4.78 is 0. The lowest BCUT2D eigenvalue weighted by molar-refractivity contribution is -0.121. The van der Waals surface area contributed by atoms with Gasteiger partial charge in [0.1, 0.15) is 0 Å². The van der Waals surface area contributed by atoms with Crippen molar-refractivity contribution in [2.45, 2.75) is 25.3 Å². The van der Waals surface area contributed by atoms with Crippen molar-refractivity contribution in [3.05, 3.63) is 29.3 Å². The van der Waals surface area contributed by atoms with Crippen LogP contribution in [0.5, 0.6) is 0 Å². The summed E-state index contributed by atoms with van der Waals surface area (Å²) in [5.41, 5.74) is 2.05. The number of fused-ring (bicyclic) bond motifs is 1. The smallest absolute Gasteiger partial charge is 0.254 e. The number of nitrogens with one attached hydrogen (secondary N) is 2. The van der Waals surface area contributed by atoms with Gasteiger partial charge in [0.25, 0.3) is 5.91 Å². The fraction of sp³-hybridized carbons (Fsp3) is 0.400. The van der Waals surface area contributed by atoms with Crippen molar-refractivity contribution in [2.75, 3.05) is 18.9 Å². The van der Waals surface area contributed by atoms with E-state index in [1.807, 2.05) is 0 Å². The van der Waals surface area contributed by atoms with Crippen LogP contribution in [0.3, 0.4) is 0 Å². The summed E-state index contributed by atoms with van der Waals surface area (Å²) in [5.74, 6) is -0.431. The molecule has 1 saturated carbocycles. The Morgan fingerprint density at radius 1 is 1.38 bits per heavy atom. The van der Waals surface area contributed by atoms with Crippen molar-refractivity contribution in [3.8, 4) is 0 Å². The van der Waals surface area contributed by atoms with Crippen molar-refractivity contribution in [1.29, 1.82) is 0 Å². The SMILES string of the molecule is CN(CC(=O)NC1CC1)C(=O)c1ccc2c(c1)NC(=O)C2. The van der Waals surface area contributed by atoms with Crippen LogP contribution in [-0.2, 0) is 16.0 Å². The first-order chi connectivity index (χ1) is 10.0. The Bertz CT molecular complexity index is 623. The second-order valence-corrected chi connectivity index (χ2v) is 5.60. The molecule has 6 nitrogen and oxygen atoms in total. The second kappa shape index (κ2) is 5.20. The lowest BCUT2D eigenvalue weighted by Gasteiger charge is -2.17. The minimum Gasteiger partial charge on any atom is -0.352 e. The maximum Gasteiger partial charge on any atom is 0.254 e. The van der Waals surface area contributed by atoms with Crippen molar-refractivity contribution < 1.29 is 14.4 Å². The summed E-state index contributed by atoms with van der Waals surface area (Å²) in [7, 11) is 1.60. The molecular weight excluding hydrogens is 270 g/mol. The summed E-state index contributed by atoms with van der Waals surface area (Å²) in [5, 5.41) is 5.57. The third-order valence-electron chi connectivity index (χ3n) is 3.65. The highest BCUT2D eigenvalue weighted by Gasteiger charge is 2.25. The molecule has 1 fully saturated rings. The third kappa shape index (κ3) is 3.04. The summed E-state index contributed by atoms with van der Waals surface area (Å²) in [6.45, 7) is 0.0405. The predicted molar refractivity (Wildman–Crippen MR) is 76.9 cm³/mol. The van der Waals surface area contributed by atoms with E-state index in [4.69, 9.17) is 0 Å². The monoisotopic (exact) mass is 287 g/mol. The summed E-state index contributed by atoms with van der Waals surface area (Å²) in [6.07, 6.45) is 2.39. The van der Waals surface area contributed by atoms with Crippen LogP contribution in [0.2, 0.25) is 0 Å². The molecule has 3 amide bonds. The molecule has 0 saturated heterocycles. The molecule has 2 aliphatic rings. The van der Waals surface area contributed by atoms with Gasteiger partial charge >= 0.3 is 0 Å². The number of anilines is 1. The molecule has 21 heavy (non-hydrogen) atoms. The number of carbonyl (C=O) groups excluding carboxylic acids is 3. The quantitative estimate of drug-likeness (QED) is 0.848. The second-order valence-electron chi connectivity index (χ2n) is 5.60. The molecule has 0 spiro atoms. The predicted octanol–water partition coefficient (Wildman–Crippen LogP) is 0.532. The topological polar surface area (TPSA) is 78.5 Å². The van der Waals surface area contributed by atoms with E-state index in [-0.39, 0.29) is 30.3 Å². The van der Waals surface area contributed by atoms with E-state index < -0.39 is 0 Å². The van der Waals surface area contributed by atoms with Crippen LogP contribution in [0.15, 0.2) is 18.2 Å². The molecule has 0 radical (unpaired) electrons. The average Bonchev–Trinajstić information content (AvgIpc) is 3.15. The van der Waals surface area contributed by atoms with Crippen molar-refractivity contribution >= 4 is 23.4 Å². The normalized spacial score (nSPS) is 16.1. The van der Waals surface area contributed by atoms with Gasteiger partial charge in [0.2, 0.25) is 11.8 Å². The maximum absolute atomic E-state index is 12.3. The standard InChI is InChI=1S/C15H17N3O3/c1-18(8-14(20)16-11-4-5-11)15(21)10-3-2-9-7-13(19)17-12(9)6-10/h2-3,6,11H,4-5,7-8H2,1H3,(H,16,20)(H,17,19). The maximum atomic E-state index is 12.3. The highest BCUT2D eigenvalue weighted by molar-refractivity contribution is 6.02. The molecule has 0 atom stereocenters. The van der Waals surface area contributed by atoms with Gasteiger partial charge in [-0.15, -0.1) is 0 Å². The minimum absolute atomic E-state index is 0.0405. The first-order valence-corrected chi connectivity index (χ1v) is 7.00. The molecule has 3 rings (SSSR count). The lowest BCUT2D eigenvalue weighted by atomic mass is 10.1. The van der Waals surface area contributed by atoms with E-state index in [2.05, 4.69) is 10.6 Å². The lowest BCUT2D eigenvalue weighted by Crippen LogP contribution is -2.39. The minimum atomic E-state index is -0.232. The first-order valence-electron chi connectivity index (χ1n) is 7.00. The molecule has 0 unspecified atom stereocenters. The number of benzene rings is 1. The summed E-state index contributed by atoms with van der Waals surface area (Å²) in [6, 6.07) is 5.42. The molecule has 0 aromatic heterocycles. The first kappa shape index (κ1) is 13.6. The van der Waals surface area contributed by atoms with Crippen LogP contribution in [0.25, 0.3) is 0 Å². The van der Waals surface area contributed by atoms with Gasteiger partial charge in [-0.1, -0.05) is 6.07 Å². The molecule has 6 heteroatoms. The molecule has 1 aliphatic heterocycles.